The minimum Gasteiger partial charge on any atom is -0.456 e. The molecular formula is C17H18N2O2. The lowest BCUT2D eigenvalue weighted by atomic mass is 10.1. The van der Waals surface area contributed by atoms with E-state index in [-0.39, 0.29) is 12.5 Å². The third kappa shape index (κ3) is 3.74. The Balaban J connectivity index is 2.24. The molecule has 0 spiro atoms. The summed E-state index contributed by atoms with van der Waals surface area (Å²) in [5, 5.41) is 2.82. The van der Waals surface area contributed by atoms with Gasteiger partial charge in [-0.2, -0.15) is 0 Å². The summed E-state index contributed by atoms with van der Waals surface area (Å²) in [6.07, 6.45) is 0.755. The van der Waals surface area contributed by atoms with E-state index in [1.807, 2.05) is 32.0 Å². The Morgan fingerprint density at radius 2 is 2.14 bits per heavy atom. The first-order chi connectivity index (χ1) is 10.1. The largest absolute Gasteiger partial charge is 0.456 e. The summed E-state index contributed by atoms with van der Waals surface area (Å²) in [5.41, 5.74) is 7.87. The van der Waals surface area contributed by atoms with Gasteiger partial charge in [-0.3, -0.25) is 4.79 Å². The summed E-state index contributed by atoms with van der Waals surface area (Å²) in [4.78, 5) is 12.2. The standard InChI is InChI=1S/C17H18N2O2/c1-3-14-7-9-16(21-14)17(20)19-15-8-6-12(2)11-13(15)5-4-10-18/h6-9,11H,3,10,18H2,1-2H3,(H,19,20). The molecule has 1 aromatic heterocycles. The molecule has 0 aliphatic rings. The number of benzene rings is 1. The average molecular weight is 282 g/mol. The molecule has 3 N–H and O–H groups in total. The van der Waals surface area contributed by atoms with Gasteiger partial charge in [0, 0.05) is 12.0 Å². The minimum absolute atomic E-state index is 0.277. The third-order valence-electron chi connectivity index (χ3n) is 2.98. The summed E-state index contributed by atoms with van der Waals surface area (Å²) in [6.45, 7) is 4.22. The number of anilines is 1. The maximum absolute atomic E-state index is 12.2. The van der Waals surface area contributed by atoms with Crippen LogP contribution in [0.1, 0.15) is 34.4 Å². The number of nitrogens with one attached hydrogen (secondary N) is 1. The molecule has 2 aromatic rings. The van der Waals surface area contributed by atoms with Crippen molar-refractivity contribution in [2.24, 2.45) is 5.73 Å². The van der Waals surface area contributed by atoms with Gasteiger partial charge in [0.05, 0.1) is 12.2 Å². The first-order valence-corrected chi connectivity index (χ1v) is 6.83. The second-order valence-electron chi connectivity index (χ2n) is 4.63. The van der Waals surface area contributed by atoms with Crippen LogP contribution in [0.4, 0.5) is 5.69 Å². The van der Waals surface area contributed by atoms with Crippen LogP contribution < -0.4 is 11.1 Å². The van der Waals surface area contributed by atoms with Crippen molar-refractivity contribution < 1.29 is 9.21 Å². The van der Waals surface area contributed by atoms with E-state index in [2.05, 4.69) is 17.2 Å². The number of rotatable bonds is 3. The predicted molar refractivity (Wildman–Crippen MR) is 83.2 cm³/mol. The molecule has 1 amide bonds. The summed E-state index contributed by atoms with van der Waals surface area (Å²) in [6, 6.07) is 9.14. The second kappa shape index (κ2) is 6.78. The molecule has 4 nitrogen and oxygen atoms in total. The van der Waals surface area contributed by atoms with Crippen molar-refractivity contribution in [2.45, 2.75) is 20.3 Å². The van der Waals surface area contributed by atoms with Crippen molar-refractivity contribution in [1.82, 2.24) is 0 Å². The molecule has 0 saturated heterocycles. The Labute approximate surface area is 124 Å². The van der Waals surface area contributed by atoms with Gasteiger partial charge in [-0.15, -0.1) is 0 Å². The van der Waals surface area contributed by atoms with Crippen LogP contribution in [-0.4, -0.2) is 12.5 Å². The van der Waals surface area contributed by atoms with Crippen LogP contribution in [0.2, 0.25) is 0 Å². The van der Waals surface area contributed by atoms with Crippen LogP contribution >= 0.6 is 0 Å². The molecule has 0 aliphatic carbocycles. The second-order valence-corrected chi connectivity index (χ2v) is 4.63. The van der Waals surface area contributed by atoms with Crippen molar-refractivity contribution >= 4 is 11.6 Å². The summed E-state index contributed by atoms with van der Waals surface area (Å²) in [7, 11) is 0. The fourth-order valence-corrected chi connectivity index (χ4v) is 1.89. The molecule has 1 aromatic carbocycles. The van der Waals surface area contributed by atoms with E-state index >= 15 is 0 Å². The third-order valence-corrected chi connectivity index (χ3v) is 2.98. The van der Waals surface area contributed by atoms with Gasteiger partial charge in [0.2, 0.25) is 0 Å². The number of furan rings is 1. The average Bonchev–Trinajstić information content (AvgIpc) is 2.96. The molecule has 0 unspecified atom stereocenters. The molecule has 21 heavy (non-hydrogen) atoms. The van der Waals surface area contributed by atoms with Crippen LogP contribution in [0.5, 0.6) is 0 Å². The van der Waals surface area contributed by atoms with Crippen LogP contribution in [-0.2, 0) is 6.42 Å². The highest BCUT2D eigenvalue weighted by atomic mass is 16.3. The number of nitrogens with two attached hydrogens (primary N) is 1. The SMILES string of the molecule is CCc1ccc(C(=O)Nc2ccc(C)cc2C#CCN)o1. The number of aryl methyl sites for hydroxylation is 2. The smallest absolute Gasteiger partial charge is 0.291 e. The van der Waals surface area contributed by atoms with Crippen molar-refractivity contribution in [3.8, 4) is 11.8 Å². The molecular weight excluding hydrogens is 264 g/mol. The Hall–Kier alpha value is -2.51. The maximum Gasteiger partial charge on any atom is 0.291 e. The van der Waals surface area contributed by atoms with Gasteiger partial charge in [-0.05, 0) is 36.8 Å². The number of hydrogen-bond donors (Lipinski definition) is 2. The maximum atomic E-state index is 12.2. The highest BCUT2D eigenvalue weighted by molar-refractivity contribution is 6.03. The zero-order chi connectivity index (χ0) is 15.2. The fourth-order valence-electron chi connectivity index (χ4n) is 1.89. The monoisotopic (exact) mass is 282 g/mol. The van der Waals surface area contributed by atoms with E-state index in [4.69, 9.17) is 10.2 Å². The van der Waals surface area contributed by atoms with Crippen LogP contribution in [0.3, 0.4) is 0 Å². The Kier molecular flexibility index (Phi) is 4.81. The number of carbonyl (C=O) groups excluding carboxylic acids is 1. The Bertz CT molecular complexity index is 705. The summed E-state index contributed by atoms with van der Waals surface area (Å²) in [5.74, 6) is 6.57. The molecule has 0 radical (unpaired) electrons. The highest BCUT2D eigenvalue weighted by Gasteiger charge is 2.12. The number of hydrogen-bond acceptors (Lipinski definition) is 3. The fraction of sp³-hybridized carbons (Fsp3) is 0.235. The lowest BCUT2D eigenvalue weighted by Crippen LogP contribution is -2.12. The van der Waals surface area contributed by atoms with Gasteiger partial charge in [0.15, 0.2) is 5.76 Å². The molecule has 0 aliphatic heterocycles. The van der Waals surface area contributed by atoms with E-state index in [0.717, 1.165) is 23.3 Å². The predicted octanol–water partition coefficient (Wildman–Crippen LogP) is 2.71. The summed E-state index contributed by atoms with van der Waals surface area (Å²) < 4.78 is 5.44. The topological polar surface area (TPSA) is 68.3 Å². The molecule has 0 atom stereocenters. The van der Waals surface area contributed by atoms with Gasteiger partial charge in [0.25, 0.3) is 5.91 Å². The zero-order valence-corrected chi connectivity index (χ0v) is 12.2. The van der Waals surface area contributed by atoms with Gasteiger partial charge in [-0.1, -0.05) is 24.8 Å². The number of carbonyl (C=O) groups is 1. The first kappa shape index (κ1) is 14.9. The molecule has 4 heteroatoms. The quantitative estimate of drug-likeness (QED) is 0.850. The van der Waals surface area contributed by atoms with Crippen molar-refractivity contribution in [3.05, 3.63) is 53.0 Å². The van der Waals surface area contributed by atoms with Crippen LogP contribution in [0, 0.1) is 18.8 Å². The molecule has 2 rings (SSSR count). The lowest BCUT2D eigenvalue weighted by Gasteiger charge is -2.07. The highest BCUT2D eigenvalue weighted by Crippen LogP contribution is 2.18. The molecule has 1 heterocycles. The Morgan fingerprint density at radius 3 is 2.81 bits per heavy atom. The van der Waals surface area contributed by atoms with Crippen molar-refractivity contribution in [1.29, 1.82) is 0 Å². The first-order valence-electron chi connectivity index (χ1n) is 6.83. The van der Waals surface area contributed by atoms with E-state index in [1.165, 1.54) is 0 Å². The molecule has 0 fully saturated rings. The van der Waals surface area contributed by atoms with E-state index < -0.39 is 0 Å². The zero-order valence-electron chi connectivity index (χ0n) is 12.2. The van der Waals surface area contributed by atoms with Crippen LogP contribution in [0.25, 0.3) is 0 Å². The van der Waals surface area contributed by atoms with Crippen LogP contribution in [0.15, 0.2) is 34.7 Å². The van der Waals surface area contributed by atoms with E-state index in [1.54, 1.807) is 12.1 Å². The van der Waals surface area contributed by atoms with E-state index in [0.29, 0.717) is 11.4 Å². The minimum atomic E-state index is -0.283. The van der Waals surface area contributed by atoms with Gasteiger partial charge < -0.3 is 15.5 Å². The van der Waals surface area contributed by atoms with Gasteiger partial charge in [-0.25, -0.2) is 0 Å². The van der Waals surface area contributed by atoms with Crippen molar-refractivity contribution in [2.75, 3.05) is 11.9 Å². The molecule has 0 saturated carbocycles. The van der Waals surface area contributed by atoms with Gasteiger partial charge in [0.1, 0.15) is 5.76 Å². The normalized spacial score (nSPS) is 9.86. The number of amides is 1. The lowest BCUT2D eigenvalue weighted by molar-refractivity contribution is 0.0995. The molecule has 108 valence electrons. The van der Waals surface area contributed by atoms with Gasteiger partial charge >= 0.3 is 0 Å². The van der Waals surface area contributed by atoms with Crippen molar-refractivity contribution in [3.63, 3.8) is 0 Å². The molecule has 0 bridgehead atoms. The van der Waals surface area contributed by atoms with E-state index in [9.17, 15) is 4.79 Å². The summed E-state index contributed by atoms with van der Waals surface area (Å²) >= 11 is 0. The Morgan fingerprint density at radius 1 is 1.33 bits per heavy atom.